The van der Waals surface area contributed by atoms with E-state index in [9.17, 15) is 9.59 Å². The number of carbonyl (C=O) groups is 2. The van der Waals surface area contributed by atoms with Crippen molar-refractivity contribution in [3.8, 4) is 5.75 Å². The molecule has 0 aliphatic rings. The third-order valence-electron chi connectivity index (χ3n) is 4.43. The fourth-order valence-electron chi connectivity index (χ4n) is 2.62. The van der Waals surface area contributed by atoms with Gasteiger partial charge in [-0.15, -0.1) is 0 Å². The summed E-state index contributed by atoms with van der Waals surface area (Å²) in [5.74, 6) is 0.789. The van der Waals surface area contributed by atoms with Gasteiger partial charge >= 0.3 is 0 Å². The van der Waals surface area contributed by atoms with Gasteiger partial charge in [-0.05, 0) is 73.5 Å². The Hall–Kier alpha value is -3.54. The van der Waals surface area contributed by atoms with E-state index in [2.05, 4.69) is 10.6 Å². The van der Waals surface area contributed by atoms with Gasteiger partial charge in [-0.3, -0.25) is 9.59 Å². The number of benzene rings is 2. The van der Waals surface area contributed by atoms with Gasteiger partial charge in [0.25, 0.3) is 11.8 Å². The predicted octanol–water partition coefficient (Wildman–Crippen LogP) is 4.09. The molecule has 6 nitrogen and oxygen atoms in total. The molecule has 0 bridgehead atoms. The van der Waals surface area contributed by atoms with Crippen LogP contribution in [0.25, 0.3) is 0 Å². The van der Waals surface area contributed by atoms with E-state index in [1.807, 2.05) is 32.0 Å². The van der Waals surface area contributed by atoms with Gasteiger partial charge in [-0.2, -0.15) is 0 Å². The Labute approximate surface area is 163 Å². The summed E-state index contributed by atoms with van der Waals surface area (Å²) >= 11 is 0. The standard InChI is InChI=1S/C22H22N2O4/c1-14-4-7-17(12-15(14)2)24-22(26)20-11-10-19(28-20)13-23-21(25)16-5-8-18(27-3)9-6-16/h4-12H,13H2,1-3H3,(H,23,25)(H,24,26). The first-order valence-electron chi connectivity index (χ1n) is 8.86. The third-order valence-corrected chi connectivity index (χ3v) is 4.43. The molecule has 2 aromatic carbocycles. The highest BCUT2D eigenvalue weighted by molar-refractivity contribution is 6.02. The molecule has 0 radical (unpaired) electrons. The maximum atomic E-state index is 12.3. The molecule has 0 spiro atoms. The molecule has 28 heavy (non-hydrogen) atoms. The van der Waals surface area contributed by atoms with Crippen LogP contribution in [0.5, 0.6) is 5.75 Å². The highest BCUT2D eigenvalue weighted by Gasteiger charge is 2.13. The summed E-state index contributed by atoms with van der Waals surface area (Å²) in [4.78, 5) is 24.5. The van der Waals surface area contributed by atoms with Crippen LogP contribution in [0, 0.1) is 13.8 Å². The molecule has 0 aliphatic heterocycles. The van der Waals surface area contributed by atoms with Crippen LogP contribution in [0.4, 0.5) is 5.69 Å². The number of hydrogen-bond acceptors (Lipinski definition) is 4. The first kappa shape index (κ1) is 19.2. The summed E-state index contributed by atoms with van der Waals surface area (Å²) in [6.45, 7) is 4.18. The average molecular weight is 378 g/mol. The molecule has 1 aromatic heterocycles. The smallest absolute Gasteiger partial charge is 0.291 e. The number of furan rings is 1. The fourth-order valence-corrected chi connectivity index (χ4v) is 2.62. The number of anilines is 1. The van der Waals surface area contributed by atoms with Gasteiger partial charge in [0.1, 0.15) is 11.5 Å². The molecule has 0 atom stereocenters. The number of methoxy groups -OCH3 is 1. The van der Waals surface area contributed by atoms with Gasteiger partial charge in [0, 0.05) is 11.3 Å². The second-order valence-corrected chi connectivity index (χ2v) is 6.43. The van der Waals surface area contributed by atoms with Crippen molar-refractivity contribution in [2.45, 2.75) is 20.4 Å². The largest absolute Gasteiger partial charge is 0.497 e. The molecule has 2 amide bonds. The molecule has 0 saturated heterocycles. The molecule has 6 heteroatoms. The summed E-state index contributed by atoms with van der Waals surface area (Å²) < 4.78 is 10.6. The van der Waals surface area contributed by atoms with E-state index in [0.717, 1.165) is 11.1 Å². The molecule has 1 heterocycles. The van der Waals surface area contributed by atoms with Crippen LogP contribution >= 0.6 is 0 Å². The Morgan fingerprint density at radius 3 is 2.36 bits per heavy atom. The minimum Gasteiger partial charge on any atom is -0.497 e. The van der Waals surface area contributed by atoms with Gasteiger partial charge in [-0.25, -0.2) is 0 Å². The van der Waals surface area contributed by atoms with E-state index in [1.54, 1.807) is 43.5 Å². The highest BCUT2D eigenvalue weighted by atomic mass is 16.5. The minimum absolute atomic E-state index is 0.182. The number of rotatable bonds is 6. The Balaban J connectivity index is 1.57. The van der Waals surface area contributed by atoms with Crippen molar-refractivity contribution < 1.29 is 18.7 Å². The lowest BCUT2D eigenvalue weighted by atomic mass is 10.1. The zero-order chi connectivity index (χ0) is 20.1. The van der Waals surface area contributed by atoms with Crippen molar-refractivity contribution in [2.75, 3.05) is 12.4 Å². The van der Waals surface area contributed by atoms with Crippen molar-refractivity contribution in [2.24, 2.45) is 0 Å². The summed E-state index contributed by atoms with van der Waals surface area (Å²) in [6, 6.07) is 15.8. The van der Waals surface area contributed by atoms with Gasteiger partial charge in [-0.1, -0.05) is 6.07 Å². The number of ether oxygens (including phenoxy) is 1. The van der Waals surface area contributed by atoms with Crippen molar-refractivity contribution >= 4 is 17.5 Å². The maximum absolute atomic E-state index is 12.3. The lowest BCUT2D eigenvalue weighted by molar-refractivity contribution is 0.0948. The average Bonchev–Trinajstić information content (AvgIpc) is 3.18. The van der Waals surface area contributed by atoms with E-state index >= 15 is 0 Å². The quantitative estimate of drug-likeness (QED) is 0.677. The third kappa shape index (κ3) is 4.59. The number of aryl methyl sites for hydroxylation is 2. The van der Waals surface area contributed by atoms with E-state index < -0.39 is 0 Å². The van der Waals surface area contributed by atoms with Crippen LogP contribution in [-0.4, -0.2) is 18.9 Å². The van der Waals surface area contributed by atoms with E-state index in [0.29, 0.717) is 22.8 Å². The second kappa shape index (κ2) is 8.43. The number of carbonyl (C=O) groups excluding carboxylic acids is 2. The van der Waals surface area contributed by atoms with Crippen molar-refractivity contribution in [3.63, 3.8) is 0 Å². The van der Waals surface area contributed by atoms with Gasteiger partial charge in [0.2, 0.25) is 0 Å². The number of hydrogen-bond donors (Lipinski definition) is 2. The zero-order valence-corrected chi connectivity index (χ0v) is 16.0. The molecule has 2 N–H and O–H groups in total. The second-order valence-electron chi connectivity index (χ2n) is 6.43. The summed E-state index contributed by atoms with van der Waals surface area (Å²) in [7, 11) is 1.57. The van der Waals surface area contributed by atoms with Crippen LogP contribution < -0.4 is 15.4 Å². The highest BCUT2D eigenvalue weighted by Crippen LogP contribution is 2.16. The predicted molar refractivity (Wildman–Crippen MR) is 107 cm³/mol. The lowest BCUT2D eigenvalue weighted by Crippen LogP contribution is -2.22. The summed E-state index contributed by atoms with van der Waals surface area (Å²) in [5.41, 5.74) is 3.48. The summed E-state index contributed by atoms with van der Waals surface area (Å²) in [6.07, 6.45) is 0. The van der Waals surface area contributed by atoms with E-state index in [4.69, 9.17) is 9.15 Å². The van der Waals surface area contributed by atoms with E-state index in [-0.39, 0.29) is 24.1 Å². The van der Waals surface area contributed by atoms with Gasteiger partial charge < -0.3 is 19.8 Å². The van der Waals surface area contributed by atoms with Crippen molar-refractivity contribution in [1.82, 2.24) is 5.32 Å². The Morgan fingerprint density at radius 2 is 1.68 bits per heavy atom. The molecule has 0 fully saturated rings. The first-order valence-corrected chi connectivity index (χ1v) is 8.86. The lowest BCUT2D eigenvalue weighted by Gasteiger charge is -2.06. The number of amides is 2. The van der Waals surface area contributed by atoms with Crippen LogP contribution in [0.2, 0.25) is 0 Å². The first-order chi connectivity index (χ1) is 13.5. The molecule has 0 aliphatic carbocycles. The zero-order valence-electron chi connectivity index (χ0n) is 16.0. The molecule has 144 valence electrons. The monoisotopic (exact) mass is 378 g/mol. The topological polar surface area (TPSA) is 80.6 Å². The van der Waals surface area contributed by atoms with Gasteiger partial charge in [0.05, 0.1) is 13.7 Å². The Morgan fingerprint density at radius 1 is 0.929 bits per heavy atom. The molecule has 3 aromatic rings. The fraction of sp³-hybridized carbons (Fsp3) is 0.182. The molecular weight excluding hydrogens is 356 g/mol. The molecule has 3 rings (SSSR count). The normalized spacial score (nSPS) is 10.4. The van der Waals surface area contributed by atoms with Crippen molar-refractivity contribution in [1.29, 1.82) is 0 Å². The summed E-state index contributed by atoms with van der Waals surface area (Å²) in [5, 5.41) is 5.57. The maximum Gasteiger partial charge on any atom is 0.291 e. The van der Waals surface area contributed by atoms with Crippen LogP contribution in [0.3, 0.4) is 0 Å². The van der Waals surface area contributed by atoms with Crippen molar-refractivity contribution in [3.05, 3.63) is 82.8 Å². The minimum atomic E-state index is -0.337. The SMILES string of the molecule is COc1ccc(C(=O)NCc2ccc(C(=O)Nc3ccc(C)c(C)c3)o2)cc1. The molecule has 0 unspecified atom stereocenters. The van der Waals surface area contributed by atoms with Crippen LogP contribution in [0.1, 0.15) is 37.8 Å². The van der Waals surface area contributed by atoms with Crippen LogP contribution in [0.15, 0.2) is 59.0 Å². The molecular formula is C22H22N2O4. The van der Waals surface area contributed by atoms with E-state index in [1.165, 1.54) is 0 Å². The molecule has 0 saturated carbocycles. The van der Waals surface area contributed by atoms with Crippen LogP contribution in [-0.2, 0) is 6.54 Å². The number of nitrogens with one attached hydrogen (secondary N) is 2. The Kier molecular flexibility index (Phi) is 5.79. The Bertz CT molecular complexity index is 990. The van der Waals surface area contributed by atoms with Gasteiger partial charge in [0.15, 0.2) is 5.76 Å².